The molecule has 8 nitrogen and oxygen atoms in total. The summed E-state index contributed by atoms with van der Waals surface area (Å²) in [7, 11) is 3.04. The normalized spacial score (nSPS) is 12.0. The van der Waals surface area contributed by atoms with Gasteiger partial charge in [-0.05, 0) is 23.4 Å². The molecule has 1 heterocycles. The van der Waals surface area contributed by atoms with Gasteiger partial charge in [-0.3, -0.25) is 4.79 Å². The van der Waals surface area contributed by atoms with Crippen LogP contribution in [0.25, 0.3) is 5.69 Å². The third-order valence-electron chi connectivity index (χ3n) is 2.90. The lowest BCUT2D eigenvalue weighted by Crippen LogP contribution is -2.35. The van der Waals surface area contributed by atoms with Crippen LogP contribution in [0.15, 0.2) is 18.5 Å². The molecule has 0 spiro atoms. The van der Waals surface area contributed by atoms with Crippen molar-refractivity contribution in [2.75, 3.05) is 20.8 Å². The molecular weight excluding hydrogens is 310 g/mol. The first-order valence-electron chi connectivity index (χ1n) is 6.47. The summed E-state index contributed by atoms with van der Waals surface area (Å²) < 4.78 is 11.6. The molecule has 2 rings (SSSR count). The second kappa shape index (κ2) is 7.19. The Balaban J connectivity index is 2.32. The van der Waals surface area contributed by atoms with E-state index in [0.29, 0.717) is 28.6 Å². The van der Waals surface area contributed by atoms with Crippen molar-refractivity contribution in [1.29, 1.82) is 0 Å². The van der Waals surface area contributed by atoms with Gasteiger partial charge in [0.15, 0.2) is 0 Å². The number of hydrogen-bond acceptors (Lipinski definition) is 6. The van der Waals surface area contributed by atoms with Crippen LogP contribution in [-0.4, -0.2) is 53.0 Å². The molecule has 0 saturated carbocycles. The fourth-order valence-electron chi connectivity index (χ4n) is 1.93. The van der Waals surface area contributed by atoms with Crippen LogP contribution in [0, 0.1) is 0 Å². The Labute approximate surface area is 132 Å². The molecule has 9 heteroatoms. The van der Waals surface area contributed by atoms with Gasteiger partial charge in [0, 0.05) is 19.2 Å². The zero-order chi connectivity index (χ0) is 16.1. The molecule has 0 fully saturated rings. The highest BCUT2D eigenvalue weighted by Crippen LogP contribution is 2.29. The molecule has 0 unspecified atom stereocenters. The summed E-state index contributed by atoms with van der Waals surface area (Å²) in [6.07, 6.45) is 1.40. The van der Waals surface area contributed by atoms with Gasteiger partial charge >= 0.3 is 0 Å². The Bertz CT molecular complexity index is 647. The maximum Gasteiger partial charge on any atom is 0.255 e. The van der Waals surface area contributed by atoms with Gasteiger partial charge in [0.25, 0.3) is 5.91 Å². The zero-order valence-corrected chi connectivity index (χ0v) is 13.2. The molecule has 1 amide bonds. The minimum atomic E-state index is -0.299. The molecule has 0 radical (unpaired) electrons. The SMILES string of the molecule is COC[C@@H](C)NC(=O)c1cc(Cl)c(-n2cnnn2)cc1OC. The van der Waals surface area contributed by atoms with Crippen molar-refractivity contribution in [2.45, 2.75) is 13.0 Å². The Morgan fingerprint density at radius 3 is 2.82 bits per heavy atom. The van der Waals surface area contributed by atoms with Crippen molar-refractivity contribution in [3.05, 3.63) is 29.0 Å². The molecular formula is C13H16ClN5O3. The summed E-state index contributed by atoms with van der Waals surface area (Å²) in [6, 6.07) is 2.99. The van der Waals surface area contributed by atoms with Gasteiger partial charge in [0.1, 0.15) is 12.1 Å². The van der Waals surface area contributed by atoms with Crippen LogP contribution in [0.1, 0.15) is 17.3 Å². The van der Waals surface area contributed by atoms with Gasteiger partial charge in [-0.2, -0.15) is 4.68 Å². The van der Waals surface area contributed by atoms with Gasteiger partial charge in [0.2, 0.25) is 0 Å². The number of halogens is 1. The number of methoxy groups -OCH3 is 2. The number of aromatic nitrogens is 4. The van der Waals surface area contributed by atoms with Crippen LogP contribution in [0.5, 0.6) is 5.75 Å². The predicted molar refractivity (Wildman–Crippen MR) is 79.5 cm³/mol. The number of hydrogen-bond donors (Lipinski definition) is 1. The molecule has 0 aliphatic rings. The Morgan fingerprint density at radius 2 is 2.23 bits per heavy atom. The summed E-state index contributed by atoms with van der Waals surface area (Å²) in [4.78, 5) is 12.3. The summed E-state index contributed by atoms with van der Waals surface area (Å²) >= 11 is 6.21. The first-order chi connectivity index (χ1) is 10.6. The van der Waals surface area contributed by atoms with E-state index in [-0.39, 0.29) is 11.9 Å². The minimum Gasteiger partial charge on any atom is -0.496 e. The average molecular weight is 326 g/mol. The lowest BCUT2D eigenvalue weighted by Gasteiger charge is -2.15. The maximum absolute atomic E-state index is 12.3. The number of amides is 1. The van der Waals surface area contributed by atoms with E-state index in [4.69, 9.17) is 21.1 Å². The van der Waals surface area contributed by atoms with Crippen LogP contribution in [0.3, 0.4) is 0 Å². The Kier molecular flexibility index (Phi) is 5.29. The lowest BCUT2D eigenvalue weighted by molar-refractivity contribution is 0.0902. The average Bonchev–Trinajstić information content (AvgIpc) is 3.01. The van der Waals surface area contributed by atoms with Gasteiger partial charge in [-0.25, -0.2) is 0 Å². The molecule has 0 aliphatic carbocycles. The molecule has 0 bridgehead atoms. The fourth-order valence-corrected chi connectivity index (χ4v) is 2.18. The highest BCUT2D eigenvalue weighted by molar-refractivity contribution is 6.33. The van der Waals surface area contributed by atoms with E-state index in [1.165, 1.54) is 24.2 Å². The van der Waals surface area contributed by atoms with Crippen LogP contribution >= 0.6 is 11.6 Å². The van der Waals surface area contributed by atoms with Crippen LogP contribution in [0.2, 0.25) is 5.02 Å². The highest BCUT2D eigenvalue weighted by Gasteiger charge is 2.18. The quantitative estimate of drug-likeness (QED) is 0.855. The molecule has 1 aromatic carbocycles. The summed E-state index contributed by atoms with van der Waals surface area (Å²) in [5, 5.41) is 14.0. The molecule has 1 N–H and O–H groups in total. The van der Waals surface area contributed by atoms with E-state index in [9.17, 15) is 4.79 Å². The van der Waals surface area contributed by atoms with Crippen molar-refractivity contribution < 1.29 is 14.3 Å². The minimum absolute atomic E-state index is 0.139. The molecule has 22 heavy (non-hydrogen) atoms. The number of benzene rings is 1. The lowest BCUT2D eigenvalue weighted by atomic mass is 10.1. The highest BCUT2D eigenvalue weighted by atomic mass is 35.5. The van der Waals surface area contributed by atoms with Crippen molar-refractivity contribution >= 4 is 17.5 Å². The van der Waals surface area contributed by atoms with Gasteiger partial charge in [0.05, 0.1) is 30.0 Å². The summed E-state index contributed by atoms with van der Waals surface area (Å²) in [5.41, 5.74) is 0.845. The maximum atomic E-state index is 12.3. The molecule has 2 aromatic rings. The van der Waals surface area contributed by atoms with Crippen LogP contribution < -0.4 is 10.1 Å². The standard InChI is InChI=1S/C13H16ClN5O3/c1-8(6-21-2)16-13(20)9-4-10(14)11(5-12(9)22-3)19-7-15-17-18-19/h4-5,7-8H,6H2,1-3H3,(H,16,20)/t8-/m1/s1. The summed E-state index contributed by atoms with van der Waals surface area (Å²) in [5.74, 6) is 0.0728. The van der Waals surface area contributed by atoms with E-state index in [2.05, 4.69) is 20.8 Å². The van der Waals surface area contributed by atoms with E-state index in [1.807, 2.05) is 6.92 Å². The topological polar surface area (TPSA) is 91.2 Å². The smallest absolute Gasteiger partial charge is 0.255 e. The third kappa shape index (κ3) is 3.52. The van der Waals surface area contributed by atoms with E-state index in [1.54, 1.807) is 13.2 Å². The monoisotopic (exact) mass is 325 g/mol. The first kappa shape index (κ1) is 16.2. The van der Waals surface area contributed by atoms with Gasteiger partial charge in [-0.1, -0.05) is 11.6 Å². The second-order valence-corrected chi connectivity index (χ2v) is 5.00. The van der Waals surface area contributed by atoms with E-state index >= 15 is 0 Å². The van der Waals surface area contributed by atoms with Crippen LogP contribution in [0.4, 0.5) is 0 Å². The third-order valence-corrected chi connectivity index (χ3v) is 3.21. The number of tetrazole rings is 1. The number of ether oxygens (including phenoxy) is 2. The van der Waals surface area contributed by atoms with Crippen LogP contribution in [-0.2, 0) is 4.74 Å². The largest absolute Gasteiger partial charge is 0.496 e. The Hall–Kier alpha value is -2.19. The summed E-state index contributed by atoms with van der Waals surface area (Å²) in [6.45, 7) is 2.25. The number of carbonyl (C=O) groups is 1. The number of nitrogens with one attached hydrogen (secondary N) is 1. The molecule has 118 valence electrons. The van der Waals surface area contributed by atoms with E-state index < -0.39 is 0 Å². The predicted octanol–water partition coefficient (Wildman–Crippen LogP) is 1.09. The number of rotatable bonds is 6. The second-order valence-electron chi connectivity index (χ2n) is 4.59. The number of nitrogens with zero attached hydrogens (tertiary/aromatic N) is 4. The van der Waals surface area contributed by atoms with Gasteiger partial charge in [-0.15, -0.1) is 5.10 Å². The number of carbonyl (C=O) groups excluding carboxylic acids is 1. The van der Waals surface area contributed by atoms with Crippen molar-refractivity contribution in [3.63, 3.8) is 0 Å². The first-order valence-corrected chi connectivity index (χ1v) is 6.85. The zero-order valence-electron chi connectivity index (χ0n) is 12.4. The van der Waals surface area contributed by atoms with Gasteiger partial charge < -0.3 is 14.8 Å². The Morgan fingerprint density at radius 1 is 1.45 bits per heavy atom. The van der Waals surface area contributed by atoms with Crippen molar-refractivity contribution in [1.82, 2.24) is 25.5 Å². The molecule has 0 saturated heterocycles. The van der Waals surface area contributed by atoms with Crippen molar-refractivity contribution in [3.8, 4) is 11.4 Å². The molecule has 1 aromatic heterocycles. The fraction of sp³-hybridized carbons (Fsp3) is 0.385. The molecule has 0 aliphatic heterocycles. The van der Waals surface area contributed by atoms with Crippen molar-refractivity contribution in [2.24, 2.45) is 0 Å². The molecule has 1 atom stereocenters. The van der Waals surface area contributed by atoms with E-state index in [0.717, 1.165) is 0 Å².